The predicted octanol–water partition coefficient (Wildman–Crippen LogP) is 2.16. The van der Waals surface area contributed by atoms with Crippen molar-refractivity contribution in [2.24, 2.45) is 17.6 Å². The van der Waals surface area contributed by atoms with Crippen LogP contribution < -0.4 is 11.1 Å². The number of carbonyl (C=O) groups is 1. The molecule has 2 bridgehead atoms. The first-order chi connectivity index (χ1) is 12.4. The smallest absolute Gasteiger partial charge is 0.251 e. The molecule has 0 heterocycles. The second kappa shape index (κ2) is 9.37. The van der Waals surface area contributed by atoms with E-state index in [1.54, 1.807) is 12.1 Å². The van der Waals surface area contributed by atoms with Gasteiger partial charge in [-0.3, -0.25) is 4.79 Å². The lowest BCUT2D eigenvalue weighted by Gasteiger charge is -2.45. The Bertz CT molecular complexity index is 725. The molecule has 2 fully saturated rings. The van der Waals surface area contributed by atoms with Crippen molar-refractivity contribution in [3.8, 4) is 0 Å². The maximum atomic E-state index is 12.6. The Hall–Kier alpha value is -1.15. The average molecular weight is 417 g/mol. The summed E-state index contributed by atoms with van der Waals surface area (Å²) in [6, 6.07) is 6.59. The van der Waals surface area contributed by atoms with Gasteiger partial charge in [0.25, 0.3) is 5.91 Å². The summed E-state index contributed by atoms with van der Waals surface area (Å²) in [5, 5.41) is 3.19. The molecule has 2 saturated carbocycles. The van der Waals surface area contributed by atoms with Crippen molar-refractivity contribution in [3.63, 3.8) is 0 Å². The first-order valence-electron chi connectivity index (χ1n) is 9.29. The van der Waals surface area contributed by atoms with E-state index in [0.29, 0.717) is 17.4 Å². The summed E-state index contributed by atoms with van der Waals surface area (Å²) >= 11 is 0. The summed E-state index contributed by atoms with van der Waals surface area (Å²) in [5.74, 6) is 0.703. The van der Waals surface area contributed by atoms with Gasteiger partial charge in [-0.2, -0.15) is 0 Å². The number of rotatable bonds is 6. The normalized spacial score (nSPS) is 27.5. The molecule has 1 aromatic carbocycles. The van der Waals surface area contributed by atoms with E-state index >= 15 is 0 Å². The number of benzene rings is 1. The monoisotopic (exact) mass is 416 g/mol. The minimum Gasteiger partial charge on any atom is -0.384 e. The molecule has 0 spiro atoms. The molecule has 3 rings (SSSR count). The van der Waals surface area contributed by atoms with Gasteiger partial charge in [-0.15, -0.1) is 12.4 Å². The molecule has 2 aliphatic rings. The van der Waals surface area contributed by atoms with Gasteiger partial charge >= 0.3 is 0 Å². The van der Waals surface area contributed by atoms with Crippen molar-refractivity contribution in [1.29, 1.82) is 0 Å². The predicted molar refractivity (Wildman–Crippen MR) is 107 cm³/mol. The van der Waals surface area contributed by atoms with E-state index in [0.717, 1.165) is 25.7 Å². The average Bonchev–Trinajstić information content (AvgIpc) is 2.61. The summed E-state index contributed by atoms with van der Waals surface area (Å²) < 4.78 is 29.2. The lowest BCUT2D eigenvalue weighted by atomic mass is 9.67. The fraction of sp³-hybridized carbons (Fsp3) is 0.632. The van der Waals surface area contributed by atoms with E-state index in [1.165, 1.54) is 25.7 Å². The number of amides is 1. The van der Waals surface area contributed by atoms with Crippen LogP contribution in [0.25, 0.3) is 0 Å². The molecule has 0 aliphatic heterocycles. The molecule has 1 amide bonds. The van der Waals surface area contributed by atoms with Crippen LogP contribution in [-0.4, -0.2) is 45.9 Å². The molecular formula is C19H29ClN2O4S. The van der Waals surface area contributed by atoms with Gasteiger partial charge in [0.2, 0.25) is 0 Å². The Balaban J connectivity index is 0.00000261. The Morgan fingerprint density at radius 2 is 1.78 bits per heavy atom. The number of ether oxygens (including phenoxy) is 1. The maximum Gasteiger partial charge on any atom is 0.251 e. The van der Waals surface area contributed by atoms with Crippen molar-refractivity contribution < 1.29 is 17.9 Å². The van der Waals surface area contributed by atoms with Crippen LogP contribution in [0.5, 0.6) is 0 Å². The van der Waals surface area contributed by atoms with Crippen molar-refractivity contribution in [3.05, 3.63) is 29.8 Å². The van der Waals surface area contributed by atoms with Gasteiger partial charge in [-0.25, -0.2) is 8.42 Å². The molecule has 2 atom stereocenters. The van der Waals surface area contributed by atoms with Crippen LogP contribution in [0.4, 0.5) is 0 Å². The highest BCUT2D eigenvalue weighted by molar-refractivity contribution is 7.91. The number of halogens is 1. The third-order valence-electron chi connectivity index (χ3n) is 5.71. The van der Waals surface area contributed by atoms with Crippen molar-refractivity contribution in [1.82, 2.24) is 5.32 Å². The first-order valence-corrected chi connectivity index (χ1v) is 10.9. The number of nitrogens with one attached hydrogen (secondary N) is 1. The minimum absolute atomic E-state index is 0. The van der Waals surface area contributed by atoms with Gasteiger partial charge in [0.05, 0.1) is 17.3 Å². The zero-order valence-corrected chi connectivity index (χ0v) is 17.2. The number of carbonyl (C=O) groups excluding carboxylic acids is 1. The van der Waals surface area contributed by atoms with E-state index in [4.69, 9.17) is 10.5 Å². The zero-order valence-electron chi connectivity index (χ0n) is 15.6. The van der Waals surface area contributed by atoms with Gasteiger partial charge in [-0.05, 0) is 61.8 Å². The molecule has 1 aromatic rings. The van der Waals surface area contributed by atoms with Gasteiger partial charge in [0, 0.05) is 24.8 Å². The molecule has 152 valence electrons. The summed E-state index contributed by atoms with van der Waals surface area (Å²) in [6.07, 6.45) is 5.39. The molecule has 8 heteroatoms. The third-order valence-corrected chi connectivity index (χ3v) is 7.40. The van der Waals surface area contributed by atoms with Gasteiger partial charge in [0.1, 0.15) is 0 Å². The Kier molecular flexibility index (Phi) is 7.68. The number of hydrogen-bond acceptors (Lipinski definition) is 5. The van der Waals surface area contributed by atoms with Crippen LogP contribution in [0.15, 0.2) is 29.2 Å². The molecule has 27 heavy (non-hydrogen) atoms. The van der Waals surface area contributed by atoms with Crippen LogP contribution in [-0.2, 0) is 14.6 Å². The van der Waals surface area contributed by atoms with E-state index in [-0.39, 0.29) is 47.7 Å². The fourth-order valence-electron chi connectivity index (χ4n) is 4.38. The van der Waals surface area contributed by atoms with Crippen LogP contribution in [0.3, 0.4) is 0 Å². The van der Waals surface area contributed by atoms with Crippen LogP contribution >= 0.6 is 12.4 Å². The lowest BCUT2D eigenvalue weighted by molar-refractivity contribution is 0.0756. The first kappa shape index (κ1) is 22.1. The zero-order chi connectivity index (χ0) is 18.7. The van der Waals surface area contributed by atoms with Crippen molar-refractivity contribution >= 4 is 28.2 Å². The molecule has 3 N–H and O–H groups in total. The number of hydrogen-bond donors (Lipinski definition) is 2. The Labute approximate surface area is 167 Å². The maximum absolute atomic E-state index is 12.6. The van der Waals surface area contributed by atoms with Crippen molar-refractivity contribution in [2.45, 2.75) is 49.1 Å². The van der Waals surface area contributed by atoms with E-state index in [2.05, 4.69) is 5.32 Å². The van der Waals surface area contributed by atoms with E-state index in [9.17, 15) is 13.2 Å². The highest BCUT2D eigenvalue weighted by Gasteiger charge is 2.39. The van der Waals surface area contributed by atoms with Gasteiger partial charge < -0.3 is 15.8 Å². The standard InChI is InChI=1S/C19H28N2O4S.ClH/c1-25-9-10-26(23,24)17-7-5-13(6-8-17)19(22)21-18-14-3-2-4-15(18)12-16(20)11-14;/h5-8,14-16,18H,2-4,9-12,20H2,1H3,(H,21,22);1H. The van der Waals surface area contributed by atoms with Crippen LogP contribution in [0, 0.1) is 11.8 Å². The number of fused-ring (bicyclic) bond motifs is 2. The Morgan fingerprint density at radius 1 is 1.19 bits per heavy atom. The van der Waals surface area contributed by atoms with Gasteiger partial charge in [0.15, 0.2) is 9.84 Å². The third kappa shape index (κ3) is 5.22. The lowest BCUT2D eigenvalue weighted by Crippen LogP contribution is -2.53. The van der Waals surface area contributed by atoms with E-state index < -0.39 is 9.84 Å². The topological polar surface area (TPSA) is 98.5 Å². The van der Waals surface area contributed by atoms with Crippen molar-refractivity contribution in [2.75, 3.05) is 19.5 Å². The largest absolute Gasteiger partial charge is 0.384 e. The summed E-state index contributed by atoms with van der Waals surface area (Å²) in [4.78, 5) is 12.9. The second-order valence-corrected chi connectivity index (χ2v) is 9.63. The number of sulfone groups is 1. The molecule has 0 radical (unpaired) electrons. The molecule has 0 saturated heterocycles. The number of nitrogens with two attached hydrogens (primary N) is 1. The fourth-order valence-corrected chi connectivity index (χ4v) is 5.56. The highest BCUT2D eigenvalue weighted by atomic mass is 35.5. The minimum atomic E-state index is -3.38. The van der Waals surface area contributed by atoms with E-state index in [1.807, 2.05) is 0 Å². The molecular weight excluding hydrogens is 388 g/mol. The SMILES string of the molecule is COCCS(=O)(=O)c1ccc(C(=O)NC2C3CCCC2CC(N)C3)cc1.Cl. The molecule has 6 nitrogen and oxygen atoms in total. The second-order valence-electron chi connectivity index (χ2n) is 7.52. The Morgan fingerprint density at radius 3 is 2.33 bits per heavy atom. The highest BCUT2D eigenvalue weighted by Crippen LogP contribution is 2.39. The van der Waals surface area contributed by atoms with Gasteiger partial charge in [-0.1, -0.05) is 6.42 Å². The molecule has 2 unspecified atom stereocenters. The quantitative estimate of drug-likeness (QED) is 0.740. The summed E-state index contributed by atoms with van der Waals surface area (Å²) in [5.41, 5.74) is 6.63. The van der Waals surface area contributed by atoms with Crippen LogP contribution in [0.1, 0.15) is 42.5 Å². The van der Waals surface area contributed by atoms with Crippen LogP contribution in [0.2, 0.25) is 0 Å². The summed E-state index contributed by atoms with van der Waals surface area (Å²) in [6.45, 7) is 0.150. The summed E-state index contributed by atoms with van der Waals surface area (Å²) in [7, 11) is -1.91. The molecule has 0 aromatic heterocycles. The molecule has 2 aliphatic carbocycles. The number of methoxy groups -OCH3 is 1.